The molecule has 0 spiro atoms. The topological polar surface area (TPSA) is 53.9 Å². The van der Waals surface area contributed by atoms with Crippen LogP contribution in [0.5, 0.6) is 0 Å². The molecular formula is C8H16ClNO2S. The first kappa shape index (κ1) is 13.1. The van der Waals surface area contributed by atoms with E-state index < -0.39 is 5.97 Å². The lowest BCUT2D eigenvalue weighted by Crippen LogP contribution is -3.00. The number of quaternary nitrogens is 1. The van der Waals surface area contributed by atoms with Gasteiger partial charge in [-0.25, -0.2) is 4.79 Å². The van der Waals surface area contributed by atoms with E-state index in [1.165, 1.54) is 0 Å². The van der Waals surface area contributed by atoms with Gasteiger partial charge in [0.05, 0.1) is 4.75 Å². The van der Waals surface area contributed by atoms with Crippen LogP contribution in [-0.4, -0.2) is 26.7 Å². The van der Waals surface area contributed by atoms with E-state index >= 15 is 0 Å². The zero-order valence-corrected chi connectivity index (χ0v) is 9.87. The number of hydrogen-bond acceptors (Lipinski definition) is 2. The van der Waals surface area contributed by atoms with Gasteiger partial charge >= 0.3 is 5.97 Å². The molecule has 5 heteroatoms. The molecule has 1 aliphatic rings. The van der Waals surface area contributed by atoms with Gasteiger partial charge in [-0.1, -0.05) is 11.8 Å². The Bertz CT molecular complexity index is 218. The highest BCUT2D eigenvalue weighted by atomic mass is 35.5. The zero-order chi connectivity index (χ0) is 9.57. The van der Waals surface area contributed by atoms with Gasteiger partial charge in [0, 0.05) is 13.8 Å². The molecule has 1 saturated heterocycles. The predicted molar refractivity (Wildman–Crippen MR) is 49.1 cm³/mol. The fraction of sp³-hybridized carbons (Fsp3) is 0.875. The molecule has 0 radical (unpaired) electrons. The molecule has 1 heterocycles. The molecular weight excluding hydrogens is 210 g/mol. The van der Waals surface area contributed by atoms with Crippen LogP contribution in [0.15, 0.2) is 0 Å². The van der Waals surface area contributed by atoms with Crippen molar-refractivity contribution in [3.63, 3.8) is 0 Å². The summed E-state index contributed by atoms with van der Waals surface area (Å²) in [4.78, 5) is 10.9. The van der Waals surface area contributed by atoms with Gasteiger partial charge in [0.25, 0.3) is 0 Å². The average Bonchev–Trinajstić information content (AvgIpc) is 1.99. The van der Waals surface area contributed by atoms with Crippen LogP contribution in [-0.2, 0) is 4.79 Å². The number of thioether (sulfide) groups is 1. The molecule has 0 aliphatic carbocycles. The van der Waals surface area contributed by atoms with Gasteiger partial charge in [-0.2, -0.15) is 0 Å². The van der Waals surface area contributed by atoms with E-state index in [0.717, 1.165) is 0 Å². The summed E-state index contributed by atoms with van der Waals surface area (Å²) < 4.78 is -0.171. The van der Waals surface area contributed by atoms with Crippen LogP contribution >= 0.6 is 11.8 Å². The molecule has 0 aromatic rings. The number of nitrogens with two attached hydrogens (primary N) is 1. The first-order chi connectivity index (χ1) is 5.25. The van der Waals surface area contributed by atoms with Crippen molar-refractivity contribution in [2.24, 2.45) is 0 Å². The number of carboxylic acid groups (broad SMARTS) is 1. The van der Waals surface area contributed by atoms with Crippen molar-refractivity contribution in [3.05, 3.63) is 0 Å². The van der Waals surface area contributed by atoms with Gasteiger partial charge < -0.3 is 22.8 Å². The second-order valence-corrected chi connectivity index (χ2v) is 6.60. The van der Waals surface area contributed by atoms with Crippen LogP contribution in [0.2, 0.25) is 0 Å². The molecule has 0 aromatic heterocycles. The Morgan fingerprint density at radius 1 is 1.38 bits per heavy atom. The third kappa shape index (κ3) is 2.76. The van der Waals surface area contributed by atoms with Gasteiger partial charge in [-0.15, -0.1) is 0 Å². The minimum Gasteiger partial charge on any atom is -1.00 e. The van der Waals surface area contributed by atoms with E-state index in [9.17, 15) is 4.79 Å². The standard InChI is InChI=1S/C8H15NO2S.ClH/c1-7(2)5(6(10)11)9-8(3,4)12-7;/h5,9H,1-4H3,(H,10,11);1H/t5-;/m0./s1. The fourth-order valence-corrected chi connectivity index (χ4v) is 3.60. The lowest BCUT2D eigenvalue weighted by Gasteiger charge is -2.17. The third-order valence-corrected chi connectivity index (χ3v) is 3.55. The van der Waals surface area contributed by atoms with Gasteiger partial charge in [-0.3, -0.25) is 0 Å². The number of aliphatic carboxylic acids is 1. The van der Waals surface area contributed by atoms with Gasteiger partial charge in [0.1, 0.15) is 4.87 Å². The summed E-state index contributed by atoms with van der Waals surface area (Å²) in [6.45, 7) is 8.09. The maximum absolute atomic E-state index is 10.9. The van der Waals surface area contributed by atoms with Crippen LogP contribution in [0.3, 0.4) is 0 Å². The van der Waals surface area contributed by atoms with E-state index in [1.807, 2.05) is 19.2 Å². The largest absolute Gasteiger partial charge is 1.00 e. The van der Waals surface area contributed by atoms with Crippen molar-refractivity contribution in [1.29, 1.82) is 0 Å². The minimum absolute atomic E-state index is 0. The number of carbonyl (C=O) groups is 1. The summed E-state index contributed by atoms with van der Waals surface area (Å²) in [5, 5.41) is 10.9. The molecule has 0 aromatic carbocycles. The number of halogens is 1. The molecule has 1 atom stereocenters. The van der Waals surface area contributed by atoms with Gasteiger partial charge in [-0.05, 0) is 13.8 Å². The van der Waals surface area contributed by atoms with E-state index in [0.29, 0.717) is 0 Å². The summed E-state index contributed by atoms with van der Waals surface area (Å²) in [5.41, 5.74) is 0. The van der Waals surface area contributed by atoms with Crippen molar-refractivity contribution in [2.45, 2.75) is 43.4 Å². The molecule has 1 rings (SSSR count). The van der Waals surface area contributed by atoms with Crippen LogP contribution < -0.4 is 17.7 Å². The molecule has 1 aliphatic heterocycles. The summed E-state index contributed by atoms with van der Waals surface area (Å²) in [7, 11) is 0. The van der Waals surface area contributed by atoms with E-state index in [2.05, 4.69) is 13.8 Å². The van der Waals surface area contributed by atoms with Crippen molar-refractivity contribution in [1.82, 2.24) is 0 Å². The Kier molecular flexibility index (Phi) is 3.69. The van der Waals surface area contributed by atoms with Crippen LogP contribution in [0.25, 0.3) is 0 Å². The van der Waals surface area contributed by atoms with E-state index in [-0.39, 0.29) is 28.1 Å². The Labute approximate surface area is 89.1 Å². The van der Waals surface area contributed by atoms with Crippen molar-refractivity contribution in [2.75, 3.05) is 0 Å². The number of carboxylic acids is 1. The molecule has 1 fully saturated rings. The van der Waals surface area contributed by atoms with E-state index in [4.69, 9.17) is 5.11 Å². The van der Waals surface area contributed by atoms with Gasteiger partial charge in [0.2, 0.25) is 0 Å². The third-order valence-electron chi connectivity index (χ3n) is 2.11. The summed E-state index contributed by atoms with van der Waals surface area (Å²) in [6, 6.07) is -0.322. The van der Waals surface area contributed by atoms with Crippen LogP contribution in [0.4, 0.5) is 0 Å². The normalized spacial score (nSPS) is 29.4. The van der Waals surface area contributed by atoms with Crippen LogP contribution in [0.1, 0.15) is 27.7 Å². The minimum atomic E-state index is -0.710. The fourth-order valence-electron chi connectivity index (χ4n) is 1.75. The highest BCUT2D eigenvalue weighted by Crippen LogP contribution is 2.38. The zero-order valence-electron chi connectivity index (χ0n) is 8.30. The Morgan fingerprint density at radius 3 is 2.00 bits per heavy atom. The molecule has 0 saturated carbocycles. The first-order valence-electron chi connectivity index (χ1n) is 4.04. The maximum atomic E-state index is 10.9. The number of hydrogen-bond donors (Lipinski definition) is 2. The van der Waals surface area contributed by atoms with Crippen LogP contribution in [0, 0.1) is 0 Å². The summed E-state index contributed by atoms with van der Waals surface area (Å²) in [6.07, 6.45) is 0. The smallest absolute Gasteiger partial charge is 0.363 e. The van der Waals surface area contributed by atoms with E-state index in [1.54, 1.807) is 11.8 Å². The quantitative estimate of drug-likeness (QED) is 0.510. The Hall–Kier alpha value is 0.0700. The number of rotatable bonds is 1. The Balaban J connectivity index is 0.00000144. The maximum Gasteiger partial charge on any atom is 0.363 e. The highest BCUT2D eigenvalue weighted by molar-refractivity contribution is 8.01. The Morgan fingerprint density at radius 2 is 1.85 bits per heavy atom. The second kappa shape index (κ2) is 3.67. The molecule has 0 bridgehead atoms. The predicted octanol–water partition coefficient (Wildman–Crippen LogP) is -2.73. The van der Waals surface area contributed by atoms with Crippen molar-refractivity contribution >= 4 is 17.7 Å². The molecule has 13 heavy (non-hydrogen) atoms. The summed E-state index contributed by atoms with van der Waals surface area (Å²) in [5.74, 6) is -0.710. The monoisotopic (exact) mass is 225 g/mol. The molecule has 0 amide bonds. The van der Waals surface area contributed by atoms with Crippen molar-refractivity contribution < 1.29 is 27.6 Å². The molecule has 0 unspecified atom stereocenters. The molecule has 3 N–H and O–H groups in total. The van der Waals surface area contributed by atoms with Crippen molar-refractivity contribution in [3.8, 4) is 0 Å². The molecule has 78 valence electrons. The first-order valence-corrected chi connectivity index (χ1v) is 4.85. The average molecular weight is 226 g/mol. The highest BCUT2D eigenvalue weighted by Gasteiger charge is 2.53. The molecule has 3 nitrogen and oxygen atoms in total. The SMILES string of the molecule is CC1(C)[NH2+][C@@H](C(=O)O)C(C)(C)S1.[Cl-]. The summed E-state index contributed by atoms with van der Waals surface area (Å²) >= 11 is 1.73. The lowest BCUT2D eigenvalue weighted by atomic mass is 10.0. The second-order valence-electron chi connectivity index (χ2n) is 4.29. The van der Waals surface area contributed by atoms with Gasteiger partial charge in [0.15, 0.2) is 6.04 Å². The lowest BCUT2D eigenvalue weighted by molar-refractivity contribution is -0.711.